The standard InChI is InChI=1S/C12H15N5O3/c1-3-13-7-9-8-16(15-14-9)11-6-10(17(18)19)4-5-12(11)20-2/h4-6,8,13H,3,7H2,1-2H3. The largest absolute Gasteiger partial charge is 0.494 e. The Kier molecular flexibility index (Phi) is 4.26. The van der Waals surface area contributed by atoms with Crippen LogP contribution >= 0.6 is 0 Å². The number of rotatable bonds is 6. The van der Waals surface area contributed by atoms with Gasteiger partial charge in [0.1, 0.15) is 11.4 Å². The zero-order valence-corrected chi connectivity index (χ0v) is 11.2. The fraction of sp³-hybridized carbons (Fsp3) is 0.333. The molecule has 1 heterocycles. The van der Waals surface area contributed by atoms with Crippen LogP contribution in [-0.4, -0.2) is 33.6 Å². The van der Waals surface area contributed by atoms with Crippen molar-refractivity contribution < 1.29 is 9.66 Å². The topological polar surface area (TPSA) is 95.1 Å². The number of ether oxygens (including phenoxy) is 1. The third-order valence-corrected chi connectivity index (χ3v) is 2.72. The molecule has 106 valence electrons. The molecule has 0 atom stereocenters. The molecule has 1 aromatic carbocycles. The summed E-state index contributed by atoms with van der Waals surface area (Å²) in [6, 6.07) is 4.34. The van der Waals surface area contributed by atoms with Crippen molar-refractivity contribution in [2.24, 2.45) is 0 Å². The molecule has 0 fully saturated rings. The lowest BCUT2D eigenvalue weighted by atomic mass is 10.2. The lowest BCUT2D eigenvalue weighted by Gasteiger charge is -2.07. The number of methoxy groups -OCH3 is 1. The summed E-state index contributed by atoms with van der Waals surface area (Å²) in [7, 11) is 1.50. The summed E-state index contributed by atoms with van der Waals surface area (Å²) in [5.74, 6) is 0.496. The van der Waals surface area contributed by atoms with Crippen molar-refractivity contribution in [3.05, 3.63) is 40.2 Å². The van der Waals surface area contributed by atoms with Crippen LogP contribution in [0.4, 0.5) is 5.69 Å². The van der Waals surface area contributed by atoms with E-state index in [9.17, 15) is 10.1 Å². The molecule has 0 aliphatic heterocycles. The minimum Gasteiger partial charge on any atom is -0.494 e. The fourth-order valence-corrected chi connectivity index (χ4v) is 1.72. The van der Waals surface area contributed by atoms with Gasteiger partial charge in [-0.25, -0.2) is 4.68 Å². The molecular weight excluding hydrogens is 262 g/mol. The monoisotopic (exact) mass is 277 g/mol. The molecule has 1 N–H and O–H groups in total. The Labute approximate surface area is 115 Å². The van der Waals surface area contributed by atoms with Gasteiger partial charge in [-0.05, 0) is 12.6 Å². The van der Waals surface area contributed by atoms with E-state index in [1.54, 1.807) is 12.3 Å². The van der Waals surface area contributed by atoms with Crippen LogP contribution in [0.3, 0.4) is 0 Å². The fourth-order valence-electron chi connectivity index (χ4n) is 1.72. The molecule has 0 saturated carbocycles. The molecule has 8 heteroatoms. The number of non-ortho nitro benzene ring substituents is 1. The Morgan fingerprint density at radius 3 is 2.95 bits per heavy atom. The van der Waals surface area contributed by atoms with Gasteiger partial charge >= 0.3 is 0 Å². The second-order valence-corrected chi connectivity index (χ2v) is 4.05. The predicted molar refractivity (Wildman–Crippen MR) is 71.9 cm³/mol. The Morgan fingerprint density at radius 2 is 2.30 bits per heavy atom. The lowest BCUT2D eigenvalue weighted by molar-refractivity contribution is -0.384. The SMILES string of the molecule is CCNCc1cn(-c2cc([N+](=O)[O-])ccc2OC)nn1. The van der Waals surface area contributed by atoms with E-state index in [1.165, 1.54) is 23.9 Å². The average Bonchev–Trinajstić information content (AvgIpc) is 2.93. The maximum absolute atomic E-state index is 10.8. The molecule has 0 saturated heterocycles. The quantitative estimate of drug-likeness (QED) is 0.631. The summed E-state index contributed by atoms with van der Waals surface area (Å²) >= 11 is 0. The van der Waals surface area contributed by atoms with Gasteiger partial charge in [0, 0.05) is 18.7 Å². The van der Waals surface area contributed by atoms with E-state index in [4.69, 9.17) is 4.74 Å². The van der Waals surface area contributed by atoms with Gasteiger partial charge < -0.3 is 10.1 Å². The summed E-state index contributed by atoms with van der Waals surface area (Å²) in [5, 5.41) is 21.9. The first-order valence-electron chi connectivity index (χ1n) is 6.10. The highest BCUT2D eigenvalue weighted by Crippen LogP contribution is 2.26. The Morgan fingerprint density at radius 1 is 1.50 bits per heavy atom. The van der Waals surface area contributed by atoms with Gasteiger partial charge in [0.2, 0.25) is 0 Å². The molecule has 2 rings (SSSR count). The van der Waals surface area contributed by atoms with E-state index in [0.29, 0.717) is 18.0 Å². The van der Waals surface area contributed by atoms with E-state index < -0.39 is 4.92 Å². The molecule has 1 aromatic heterocycles. The van der Waals surface area contributed by atoms with Gasteiger partial charge in [-0.2, -0.15) is 0 Å². The first kappa shape index (κ1) is 13.9. The lowest BCUT2D eigenvalue weighted by Crippen LogP contribution is -2.11. The summed E-state index contributed by atoms with van der Waals surface area (Å²) < 4.78 is 6.67. The van der Waals surface area contributed by atoms with Crippen LogP contribution < -0.4 is 10.1 Å². The van der Waals surface area contributed by atoms with E-state index >= 15 is 0 Å². The van der Waals surface area contributed by atoms with Gasteiger partial charge in [0.05, 0.1) is 23.9 Å². The minimum atomic E-state index is -0.459. The molecule has 0 spiro atoms. The van der Waals surface area contributed by atoms with Crippen LogP contribution in [0.5, 0.6) is 5.75 Å². The normalized spacial score (nSPS) is 10.5. The van der Waals surface area contributed by atoms with Crippen LogP contribution in [0, 0.1) is 10.1 Å². The first-order valence-corrected chi connectivity index (χ1v) is 6.10. The van der Waals surface area contributed by atoms with E-state index in [-0.39, 0.29) is 5.69 Å². The molecule has 0 aliphatic carbocycles. The van der Waals surface area contributed by atoms with Crippen molar-refractivity contribution in [2.75, 3.05) is 13.7 Å². The Balaban J connectivity index is 2.36. The second kappa shape index (κ2) is 6.11. The summed E-state index contributed by atoms with van der Waals surface area (Å²) in [5.41, 5.74) is 1.21. The van der Waals surface area contributed by atoms with Crippen molar-refractivity contribution in [2.45, 2.75) is 13.5 Å². The van der Waals surface area contributed by atoms with Gasteiger partial charge in [-0.3, -0.25) is 10.1 Å². The van der Waals surface area contributed by atoms with Crippen molar-refractivity contribution >= 4 is 5.69 Å². The molecule has 0 bridgehead atoms. The minimum absolute atomic E-state index is 0.0236. The van der Waals surface area contributed by atoms with Crippen molar-refractivity contribution in [3.8, 4) is 11.4 Å². The maximum atomic E-state index is 10.8. The number of aromatic nitrogens is 3. The number of hydrogen-bond donors (Lipinski definition) is 1. The highest BCUT2D eigenvalue weighted by Gasteiger charge is 2.14. The highest BCUT2D eigenvalue weighted by atomic mass is 16.6. The molecule has 0 amide bonds. The van der Waals surface area contributed by atoms with Crippen LogP contribution in [-0.2, 0) is 6.54 Å². The van der Waals surface area contributed by atoms with Gasteiger partial charge in [-0.15, -0.1) is 5.10 Å². The van der Waals surface area contributed by atoms with Crippen LogP contribution in [0.15, 0.2) is 24.4 Å². The second-order valence-electron chi connectivity index (χ2n) is 4.05. The maximum Gasteiger partial charge on any atom is 0.271 e. The number of nitro groups is 1. The van der Waals surface area contributed by atoms with Crippen LogP contribution in [0.25, 0.3) is 5.69 Å². The third kappa shape index (κ3) is 2.91. The van der Waals surface area contributed by atoms with E-state index in [1.807, 2.05) is 6.92 Å². The molecule has 20 heavy (non-hydrogen) atoms. The molecule has 0 aliphatic rings. The number of nitrogens with zero attached hydrogens (tertiary/aromatic N) is 4. The van der Waals surface area contributed by atoms with Crippen molar-refractivity contribution in [1.29, 1.82) is 0 Å². The van der Waals surface area contributed by atoms with Crippen molar-refractivity contribution in [1.82, 2.24) is 20.3 Å². The number of nitrogens with one attached hydrogen (secondary N) is 1. The average molecular weight is 277 g/mol. The zero-order chi connectivity index (χ0) is 14.5. The van der Waals surface area contributed by atoms with Crippen LogP contribution in [0.1, 0.15) is 12.6 Å². The number of benzene rings is 1. The third-order valence-electron chi connectivity index (χ3n) is 2.72. The van der Waals surface area contributed by atoms with Gasteiger partial charge in [0.25, 0.3) is 5.69 Å². The van der Waals surface area contributed by atoms with Gasteiger partial charge in [0.15, 0.2) is 0 Å². The highest BCUT2D eigenvalue weighted by molar-refractivity contribution is 5.53. The number of nitro benzene ring substituents is 1. The molecular formula is C12H15N5O3. The zero-order valence-electron chi connectivity index (χ0n) is 11.2. The first-order chi connectivity index (χ1) is 9.65. The smallest absolute Gasteiger partial charge is 0.271 e. The van der Waals surface area contributed by atoms with Crippen molar-refractivity contribution in [3.63, 3.8) is 0 Å². The molecule has 8 nitrogen and oxygen atoms in total. The Bertz CT molecular complexity index is 611. The van der Waals surface area contributed by atoms with Crippen LogP contribution in [0.2, 0.25) is 0 Å². The number of hydrogen-bond acceptors (Lipinski definition) is 6. The summed E-state index contributed by atoms with van der Waals surface area (Å²) in [6.07, 6.45) is 1.71. The summed E-state index contributed by atoms with van der Waals surface area (Å²) in [6.45, 7) is 3.41. The Hall–Kier alpha value is -2.48. The van der Waals surface area contributed by atoms with Gasteiger partial charge in [-0.1, -0.05) is 12.1 Å². The predicted octanol–water partition coefficient (Wildman–Crippen LogP) is 1.29. The summed E-state index contributed by atoms with van der Waals surface area (Å²) in [4.78, 5) is 10.4. The van der Waals surface area contributed by atoms with E-state index in [2.05, 4.69) is 15.6 Å². The van der Waals surface area contributed by atoms with E-state index in [0.717, 1.165) is 12.2 Å². The molecule has 0 unspecified atom stereocenters. The molecule has 0 radical (unpaired) electrons. The molecule has 2 aromatic rings.